The van der Waals surface area contributed by atoms with Crippen molar-refractivity contribution in [2.24, 2.45) is 0 Å². The van der Waals surface area contributed by atoms with Gasteiger partial charge in [0.05, 0.1) is 0 Å². The zero-order valence-corrected chi connectivity index (χ0v) is 42.4. The van der Waals surface area contributed by atoms with E-state index in [0.717, 1.165) is 76.9 Å². The molecule has 3 aliphatic rings. The van der Waals surface area contributed by atoms with Crippen LogP contribution in [0.2, 0.25) is 0 Å². The second-order valence-electron chi connectivity index (χ2n) is 18.4. The topological polar surface area (TPSA) is 98.3 Å². The molecular formula is C68H49KO5. The number of allylic oxidation sites excluding steroid dienone is 4. The van der Waals surface area contributed by atoms with E-state index in [1.54, 1.807) is 6.07 Å². The van der Waals surface area contributed by atoms with Crippen molar-refractivity contribution in [3.8, 4) is 0 Å². The molecule has 0 heterocycles. The summed E-state index contributed by atoms with van der Waals surface area (Å²) in [6.45, 7) is 0. The SMILES string of the molecule is C.C.O=C(Cc1ccccc1)Cc1ccccc1.O=C1C(=O)c2cc3cccc4ccc5ccc1c2c5c43.O=C1C(c2ccccc2)=C2C(=C1c1ccccc1)c1cc3cccc4ccc5ccc2c1c5c43.[K+].[OH-]. The molecule has 12 aromatic rings. The minimum Gasteiger partial charge on any atom is -0.870 e. The first-order valence-corrected chi connectivity index (χ1v) is 23.7. The number of benzene rings is 12. The van der Waals surface area contributed by atoms with E-state index in [1.165, 1.54) is 43.4 Å². The Hall–Kier alpha value is -7.52. The predicted octanol–water partition coefficient (Wildman–Crippen LogP) is 13.1. The predicted molar refractivity (Wildman–Crippen MR) is 301 cm³/mol. The largest absolute Gasteiger partial charge is 1.00 e. The van der Waals surface area contributed by atoms with Crippen LogP contribution in [0, 0.1) is 0 Å². The Bertz CT molecular complexity index is 4170. The molecule has 0 bridgehead atoms. The van der Waals surface area contributed by atoms with Gasteiger partial charge in [0.15, 0.2) is 5.78 Å². The van der Waals surface area contributed by atoms with Gasteiger partial charge in [-0.2, -0.15) is 0 Å². The number of Topliss-reactive ketones (excluding diaryl/α,β-unsaturated/α-hetero) is 4. The maximum absolute atomic E-state index is 14.1. The molecule has 0 atom stereocenters. The Morgan fingerprint density at radius 1 is 0.297 bits per heavy atom. The average Bonchev–Trinajstić information content (AvgIpc) is 3.98. The molecule has 0 spiro atoms. The first-order chi connectivity index (χ1) is 34.4. The van der Waals surface area contributed by atoms with Crippen LogP contribution in [0.15, 0.2) is 218 Å². The van der Waals surface area contributed by atoms with E-state index < -0.39 is 0 Å². The summed E-state index contributed by atoms with van der Waals surface area (Å²) in [4.78, 5) is 50.2. The molecule has 3 aliphatic carbocycles. The van der Waals surface area contributed by atoms with Crippen LogP contribution < -0.4 is 51.4 Å². The van der Waals surface area contributed by atoms with Gasteiger partial charge in [0, 0.05) is 51.6 Å². The molecule has 5 nitrogen and oxygen atoms in total. The minimum atomic E-state index is -0.377. The van der Waals surface area contributed by atoms with Gasteiger partial charge in [0.2, 0.25) is 11.6 Å². The fraction of sp³-hybridized carbons (Fsp3) is 0.0588. The van der Waals surface area contributed by atoms with Crippen LogP contribution in [0.5, 0.6) is 0 Å². The molecule has 0 radical (unpaired) electrons. The quantitative estimate of drug-likeness (QED) is 0.0939. The molecule has 1 N–H and O–H groups in total. The number of rotatable bonds is 6. The molecule has 0 aromatic heterocycles. The van der Waals surface area contributed by atoms with Crippen molar-refractivity contribution >= 4 is 110 Å². The Kier molecular flexibility index (Phi) is 14.4. The van der Waals surface area contributed by atoms with Crippen LogP contribution in [0.3, 0.4) is 0 Å². The molecule has 0 amide bonds. The molecule has 12 aromatic carbocycles. The Morgan fingerprint density at radius 2 is 0.649 bits per heavy atom. The van der Waals surface area contributed by atoms with Crippen LogP contribution >= 0.6 is 0 Å². The van der Waals surface area contributed by atoms with Gasteiger partial charge in [0.1, 0.15) is 5.78 Å². The Morgan fingerprint density at radius 3 is 1.12 bits per heavy atom. The van der Waals surface area contributed by atoms with Crippen LogP contribution in [0.4, 0.5) is 0 Å². The van der Waals surface area contributed by atoms with Crippen LogP contribution in [0.25, 0.3) is 86.9 Å². The second kappa shape index (κ2) is 20.8. The van der Waals surface area contributed by atoms with Gasteiger partial charge in [-0.25, -0.2) is 0 Å². The van der Waals surface area contributed by atoms with E-state index >= 15 is 0 Å². The summed E-state index contributed by atoms with van der Waals surface area (Å²) in [6.07, 6.45) is 1.05. The third-order valence-electron chi connectivity index (χ3n) is 14.3. The van der Waals surface area contributed by atoms with Crippen molar-refractivity contribution < 1.29 is 76.0 Å². The standard InChI is InChI=1S/C33H18O.C18H8O2.C15H14O.2CH4.K.H2O/c34-33-28(19-8-3-1-4-9-19)31-24-17-16-22-15-14-21-12-7-13-23-18-25(30(24)27(22)26(21)23)32(31)29(33)20-10-5-2-6-11-20;19-17-12-7-6-10-5-4-9-2-1-3-11-8-13(18(17)20)16(12)15(10)14(9)11;16-15(11-13-7-3-1-4-8-13)12-14-9-5-2-6-10-14;;;;/h1-18H;1-8H;1-10H,11-12H2;2*1H4;;1H2/q;;;;;+1;/p-1. The number of ketones is 4. The molecule has 15 rings (SSSR count). The summed E-state index contributed by atoms with van der Waals surface area (Å²) < 4.78 is 0. The molecule has 0 saturated carbocycles. The number of carbonyl (C=O) groups excluding carboxylic acids is 4. The van der Waals surface area contributed by atoms with E-state index in [0.29, 0.717) is 24.0 Å². The molecule has 352 valence electrons. The fourth-order valence-electron chi connectivity index (χ4n) is 11.3. The van der Waals surface area contributed by atoms with Crippen molar-refractivity contribution in [2.45, 2.75) is 27.7 Å². The van der Waals surface area contributed by atoms with E-state index in [1.807, 2.05) is 121 Å². The summed E-state index contributed by atoms with van der Waals surface area (Å²) in [6, 6.07) is 73.5. The number of carbonyl (C=O) groups is 4. The van der Waals surface area contributed by atoms with E-state index in [9.17, 15) is 19.2 Å². The van der Waals surface area contributed by atoms with Gasteiger partial charge >= 0.3 is 51.4 Å². The van der Waals surface area contributed by atoms with Crippen molar-refractivity contribution in [1.82, 2.24) is 0 Å². The van der Waals surface area contributed by atoms with E-state index in [2.05, 4.69) is 91.0 Å². The molecule has 6 heteroatoms. The maximum Gasteiger partial charge on any atom is 1.00 e. The van der Waals surface area contributed by atoms with Gasteiger partial charge in [-0.1, -0.05) is 215 Å². The van der Waals surface area contributed by atoms with Crippen molar-refractivity contribution in [2.75, 3.05) is 0 Å². The molecule has 0 aliphatic heterocycles. The number of hydrogen-bond donors (Lipinski definition) is 0. The van der Waals surface area contributed by atoms with Gasteiger partial charge in [0.25, 0.3) is 0 Å². The summed E-state index contributed by atoms with van der Waals surface area (Å²) in [5, 5.41) is 13.9. The minimum absolute atomic E-state index is 0. The van der Waals surface area contributed by atoms with E-state index in [-0.39, 0.29) is 94.8 Å². The van der Waals surface area contributed by atoms with Gasteiger partial charge in [-0.15, -0.1) is 0 Å². The van der Waals surface area contributed by atoms with Gasteiger partial charge in [-0.3, -0.25) is 19.2 Å². The molecule has 0 unspecified atom stereocenters. The summed E-state index contributed by atoms with van der Waals surface area (Å²) in [5.74, 6) is -0.375. The van der Waals surface area contributed by atoms with Crippen molar-refractivity contribution in [3.63, 3.8) is 0 Å². The normalized spacial score (nSPS) is 12.8. The maximum atomic E-state index is 14.1. The van der Waals surface area contributed by atoms with Crippen LogP contribution in [-0.4, -0.2) is 28.6 Å². The van der Waals surface area contributed by atoms with Gasteiger partial charge < -0.3 is 5.48 Å². The Labute approximate surface area is 472 Å². The number of fused-ring (bicyclic) bond motifs is 3. The van der Waals surface area contributed by atoms with Crippen LogP contribution in [0.1, 0.15) is 68.9 Å². The average molecular weight is 985 g/mol. The molecular weight excluding hydrogens is 936 g/mol. The third kappa shape index (κ3) is 8.34. The molecule has 74 heavy (non-hydrogen) atoms. The first kappa shape index (κ1) is 51.4. The zero-order valence-electron chi connectivity index (χ0n) is 39.3. The summed E-state index contributed by atoms with van der Waals surface area (Å²) in [7, 11) is 0. The van der Waals surface area contributed by atoms with Crippen molar-refractivity contribution in [3.05, 3.63) is 263 Å². The summed E-state index contributed by atoms with van der Waals surface area (Å²) >= 11 is 0. The summed E-state index contributed by atoms with van der Waals surface area (Å²) in [5.41, 5.74) is 11.4. The monoisotopic (exact) mass is 984 g/mol. The number of hydrogen-bond acceptors (Lipinski definition) is 5. The van der Waals surface area contributed by atoms with Crippen molar-refractivity contribution in [1.29, 1.82) is 0 Å². The van der Waals surface area contributed by atoms with Crippen LogP contribution in [-0.2, 0) is 22.4 Å². The first-order valence-electron chi connectivity index (χ1n) is 23.7. The van der Waals surface area contributed by atoms with E-state index in [4.69, 9.17) is 0 Å². The van der Waals surface area contributed by atoms with Gasteiger partial charge in [-0.05, 0) is 111 Å². The fourth-order valence-corrected chi connectivity index (χ4v) is 11.3. The Balaban J connectivity index is 0.000000145. The second-order valence-corrected chi connectivity index (χ2v) is 18.4. The molecule has 0 fully saturated rings. The molecule has 0 saturated heterocycles. The smallest absolute Gasteiger partial charge is 0.870 e. The third-order valence-corrected chi connectivity index (χ3v) is 14.3. The zero-order chi connectivity index (χ0) is 47.0.